The van der Waals surface area contributed by atoms with Crippen molar-refractivity contribution in [3.8, 4) is 0 Å². The van der Waals surface area contributed by atoms with Crippen LogP contribution in [0.25, 0.3) is 0 Å². The van der Waals surface area contributed by atoms with Crippen molar-refractivity contribution in [2.45, 2.75) is 50.4 Å². The number of carbonyl (C=O) groups excluding carboxylic acids is 1. The fraction of sp³-hybridized carbons (Fsp3) is 0.562. The molecular formula is C16H22N4O2S2. The summed E-state index contributed by atoms with van der Waals surface area (Å²) in [4.78, 5) is 27.7. The molecule has 0 bridgehead atoms. The largest absolute Gasteiger partial charge is 0.343 e. The van der Waals surface area contributed by atoms with E-state index in [-0.39, 0.29) is 17.6 Å². The number of unbranched alkanes of at least 4 members (excludes halogenated alkanes) is 1. The Hall–Kier alpha value is -1.54. The average Bonchev–Trinajstić information content (AvgIpc) is 3.31. The summed E-state index contributed by atoms with van der Waals surface area (Å²) in [5, 5.41) is 9.20. The quantitative estimate of drug-likeness (QED) is 0.765. The Morgan fingerprint density at radius 3 is 3.17 bits per heavy atom. The maximum atomic E-state index is 12.6. The smallest absolute Gasteiger partial charge is 0.334 e. The molecule has 0 aliphatic carbocycles. The molecule has 8 heteroatoms. The van der Waals surface area contributed by atoms with Crippen molar-refractivity contribution in [3.63, 3.8) is 0 Å². The maximum absolute atomic E-state index is 12.6. The first-order valence-corrected chi connectivity index (χ1v) is 10.2. The van der Waals surface area contributed by atoms with E-state index in [9.17, 15) is 9.59 Å². The molecule has 1 saturated heterocycles. The van der Waals surface area contributed by atoms with Gasteiger partial charge < -0.3 is 4.90 Å². The molecule has 130 valence electrons. The van der Waals surface area contributed by atoms with Crippen LogP contribution in [0.2, 0.25) is 0 Å². The highest BCUT2D eigenvalue weighted by Gasteiger charge is 2.30. The van der Waals surface area contributed by atoms with Gasteiger partial charge in [-0.2, -0.15) is 0 Å². The molecule has 1 atom stereocenters. The van der Waals surface area contributed by atoms with E-state index < -0.39 is 0 Å². The van der Waals surface area contributed by atoms with Crippen LogP contribution in [-0.2, 0) is 11.3 Å². The van der Waals surface area contributed by atoms with Gasteiger partial charge in [0.2, 0.25) is 5.91 Å². The van der Waals surface area contributed by atoms with Gasteiger partial charge in [-0.05, 0) is 30.7 Å². The summed E-state index contributed by atoms with van der Waals surface area (Å²) in [6.07, 6.45) is 4.01. The fourth-order valence-electron chi connectivity index (χ4n) is 2.98. The Balaban J connectivity index is 1.62. The number of nitrogens with zero attached hydrogens (tertiary/aromatic N) is 3. The maximum Gasteiger partial charge on any atom is 0.343 e. The summed E-state index contributed by atoms with van der Waals surface area (Å²) in [5.41, 5.74) is -0.198. The van der Waals surface area contributed by atoms with Crippen molar-refractivity contribution in [3.05, 3.63) is 32.9 Å². The summed E-state index contributed by atoms with van der Waals surface area (Å²) in [6, 6.07) is 4.34. The second-order valence-corrected chi connectivity index (χ2v) is 7.79. The molecule has 2 aromatic rings. The number of rotatable bonds is 7. The van der Waals surface area contributed by atoms with E-state index in [4.69, 9.17) is 0 Å². The van der Waals surface area contributed by atoms with E-state index in [1.54, 1.807) is 15.9 Å². The molecule has 1 aliphatic heterocycles. The first-order valence-electron chi connectivity index (χ1n) is 8.31. The zero-order chi connectivity index (χ0) is 16.9. The minimum absolute atomic E-state index is 0.119. The summed E-state index contributed by atoms with van der Waals surface area (Å²) in [5.74, 6) is 0.437. The normalized spacial score (nSPS) is 17.5. The van der Waals surface area contributed by atoms with Crippen molar-refractivity contribution in [1.82, 2.24) is 19.7 Å². The van der Waals surface area contributed by atoms with Gasteiger partial charge in [-0.25, -0.2) is 9.89 Å². The zero-order valence-electron chi connectivity index (χ0n) is 13.7. The lowest BCUT2D eigenvalue weighted by molar-refractivity contribution is -0.129. The first-order chi connectivity index (χ1) is 11.7. The second-order valence-electron chi connectivity index (χ2n) is 5.87. The van der Waals surface area contributed by atoms with Gasteiger partial charge in [-0.15, -0.1) is 16.4 Å². The highest BCUT2D eigenvalue weighted by Crippen LogP contribution is 2.35. The molecule has 0 saturated carbocycles. The summed E-state index contributed by atoms with van der Waals surface area (Å²) < 4.78 is 1.63. The molecule has 3 heterocycles. The van der Waals surface area contributed by atoms with Gasteiger partial charge in [-0.3, -0.25) is 9.36 Å². The van der Waals surface area contributed by atoms with E-state index in [1.165, 1.54) is 16.6 Å². The van der Waals surface area contributed by atoms with Crippen LogP contribution in [0.1, 0.15) is 43.5 Å². The van der Waals surface area contributed by atoms with Crippen LogP contribution in [0.3, 0.4) is 0 Å². The molecule has 0 radical (unpaired) electrons. The lowest BCUT2D eigenvalue weighted by Crippen LogP contribution is -2.31. The molecule has 0 aromatic carbocycles. The minimum atomic E-state index is -0.198. The van der Waals surface area contributed by atoms with Gasteiger partial charge in [0.1, 0.15) is 0 Å². The summed E-state index contributed by atoms with van der Waals surface area (Å²) >= 11 is 3.05. The van der Waals surface area contributed by atoms with Crippen molar-refractivity contribution in [1.29, 1.82) is 0 Å². The predicted molar refractivity (Wildman–Crippen MR) is 96.5 cm³/mol. The number of hydrogen-bond acceptors (Lipinski definition) is 5. The lowest BCUT2D eigenvalue weighted by Gasteiger charge is -2.23. The van der Waals surface area contributed by atoms with Gasteiger partial charge in [0.05, 0.1) is 11.8 Å². The van der Waals surface area contributed by atoms with E-state index >= 15 is 0 Å². The molecule has 2 aromatic heterocycles. The van der Waals surface area contributed by atoms with E-state index in [1.807, 2.05) is 11.0 Å². The molecule has 1 amide bonds. The Labute approximate surface area is 149 Å². The molecule has 3 rings (SSSR count). The number of likely N-dealkylation sites (tertiary alicyclic amines) is 1. The van der Waals surface area contributed by atoms with Crippen LogP contribution in [0, 0.1) is 0 Å². The van der Waals surface area contributed by atoms with Gasteiger partial charge in [0, 0.05) is 18.0 Å². The van der Waals surface area contributed by atoms with E-state index in [0.29, 0.717) is 17.5 Å². The van der Waals surface area contributed by atoms with Crippen molar-refractivity contribution < 1.29 is 4.79 Å². The van der Waals surface area contributed by atoms with Crippen LogP contribution in [0.4, 0.5) is 0 Å². The van der Waals surface area contributed by atoms with Crippen LogP contribution in [-0.4, -0.2) is 37.9 Å². The number of aromatic nitrogens is 3. The highest BCUT2D eigenvalue weighted by atomic mass is 32.2. The third-order valence-corrected chi connectivity index (χ3v) is 6.16. The van der Waals surface area contributed by atoms with Gasteiger partial charge in [0.15, 0.2) is 5.16 Å². The van der Waals surface area contributed by atoms with Crippen LogP contribution in [0.5, 0.6) is 0 Å². The van der Waals surface area contributed by atoms with E-state index in [2.05, 4.69) is 28.6 Å². The summed E-state index contributed by atoms with van der Waals surface area (Å²) in [6.45, 7) is 3.54. The molecule has 0 spiro atoms. The Morgan fingerprint density at radius 2 is 2.42 bits per heavy atom. The molecule has 6 nitrogen and oxygen atoms in total. The third-order valence-electron chi connectivity index (χ3n) is 4.23. The number of amides is 1. The number of thioether (sulfide) groups is 1. The molecule has 1 aliphatic rings. The van der Waals surface area contributed by atoms with Crippen LogP contribution < -0.4 is 5.69 Å². The number of thiophene rings is 1. The van der Waals surface area contributed by atoms with E-state index in [0.717, 1.165) is 32.2 Å². The molecular weight excluding hydrogens is 344 g/mol. The molecule has 1 N–H and O–H groups in total. The third kappa shape index (κ3) is 3.75. The predicted octanol–water partition coefficient (Wildman–Crippen LogP) is 2.89. The number of H-pyrrole nitrogens is 1. The number of carbonyl (C=O) groups is 1. The fourth-order valence-corrected chi connectivity index (χ4v) is 4.71. The topological polar surface area (TPSA) is 71.0 Å². The SMILES string of the molecule is CCCCn1c(SCC(=O)N2CCCC2c2cccs2)n[nH]c1=O. The second kappa shape index (κ2) is 8.02. The van der Waals surface area contributed by atoms with Gasteiger partial charge in [-0.1, -0.05) is 31.2 Å². The van der Waals surface area contributed by atoms with Crippen LogP contribution >= 0.6 is 23.1 Å². The van der Waals surface area contributed by atoms with Gasteiger partial charge in [0.25, 0.3) is 0 Å². The average molecular weight is 367 g/mol. The number of nitrogens with one attached hydrogen (secondary N) is 1. The minimum Gasteiger partial charge on any atom is -0.334 e. The molecule has 1 fully saturated rings. The number of hydrogen-bond donors (Lipinski definition) is 1. The standard InChI is InChI=1S/C16H22N4O2S2/c1-2-3-8-20-15(22)17-18-16(20)24-11-14(21)19-9-4-6-12(19)13-7-5-10-23-13/h5,7,10,12H,2-4,6,8-9,11H2,1H3,(H,17,22). The molecule has 24 heavy (non-hydrogen) atoms. The molecule has 1 unspecified atom stereocenters. The summed E-state index contributed by atoms with van der Waals surface area (Å²) in [7, 11) is 0. The van der Waals surface area contributed by atoms with Crippen molar-refractivity contribution in [2.75, 3.05) is 12.3 Å². The van der Waals surface area contributed by atoms with Crippen molar-refractivity contribution >= 4 is 29.0 Å². The highest BCUT2D eigenvalue weighted by molar-refractivity contribution is 7.99. The first kappa shape index (κ1) is 17.3. The Kier molecular flexibility index (Phi) is 5.78. The number of aromatic amines is 1. The van der Waals surface area contributed by atoms with Crippen molar-refractivity contribution in [2.24, 2.45) is 0 Å². The zero-order valence-corrected chi connectivity index (χ0v) is 15.4. The Morgan fingerprint density at radius 1 is 1.54 bits per heavy atom. The lowest BCUT2D eigenvalue weighted by atomic mass is 10.2. The van der Waals surface area contributed by atoms with Gasteiger partial charge >= 0.3 is 5.69 Å². The Bertz CT molecular complexity index is 723. The van der Waals surface area contributed by atoms with Crippen LogP contribution in [0.15, 0.2) is 27.5 Å². The monoisotopic (exact) mass is 366 g/mol.